The Kier molecular flexibility index (Phi) is 4.97. The van der Waals surface area contributed by atoms with Crippen molar-refractivity contribution in [3.63, 3.8) is 0 Å². The Labute approximate surface area is 168 Å². The third-order valence-corrected chi connectivity index (χ3v) is 5.84. The average molecular weight is 391 g/mol. The molecule has 1 fully saturated rings. The van der Waals surface area contributed by atoms with Gasteiger partial charge in [-0.15, -0.1) is 0 Å². The van der Waals surface area contributed by atoms with Crippen LogP contribution in [0.1, 0.15) is 12.5 Å². The highest BCUT2D eigenvalue weighted by Crippen LogP contribution is 2.36. The number of allylic oxidation sites excluding steroid dienone is 4. The first-order chi connectivity index (χ1) is 13.2. The standard InChI is InChI=1S/C22H18N2OS2/c1-2-23-15-14-16(18-10-6-7-11-19(18)23)12-13-20-21(25)24(22(26)27-20)17-8-4-3-5-9-17/h3-15H,2H2,1H3/b16-12-,20-13+. The zero-order valence-electron chi connectivity index (χ0n) is 14.8. The molecule has 4 rings (SSSR count). The van der Waals surface area contributed by atoms with E-state index in [0.717, 1.165) is 23.4 Å². The first-order valence-electron chi connectivity index (χ1n) is 8.76. The van der Waals surface area contributed by atoms with Crippen LogP contribution in [-0.4, -0.2) is 16.8 Å². The number of amides is 1. The van der Waals surface area contributed by atoms with E-state index in [4.69, 9.17) is 12.2 Å². The fourth-order valence-electron chi connectivity index (χ4n) is 3.18. The lowest BCUT2D eigenvalue weighted by molar-refractivity contribution is -0.113. The fourth-order valence-corrected chi connectivity index (χ4v) is 4.42. The second-order valence-corrected chi connectivity index (χ2v) is 7.79. The topological polar surface area (TPSA) is 23.6 Å². The highest BCUT2D eigenvalue weighted by Gasteiger charge is 2.32. The van der Waals surface area contributed by atoms with E-state index in [1.165, 1.54) is 17.4 Å². The minimum Gasteiger partial charge on any atom is -0.348 e. The van der Waals surface area contributed by atoms with Gasteiger partial charge in [0.05, 0.1) is 10.6 Å². The Balaban J connectivity index is 1.65. The van der Waals surface area contributed by atoms with E-state index in [2.05, 4.69) is 36.2 Å². The normalized spacial score (nSPS) is 19.3. The monoisotopic (exact) mass is 390 g/mol. The minimum absolute atomic E-state index is 0.0729. The summed E-state index contributed by atoms with van der Waals surface area (Å²) in [6.45, 7) is 3.04. The molecule has 0 saturated carbocycles. The quantitative estimate of drug-likeness (QED) is 0.519. The molecule has 0 N–H and O–H groups in total. The first kappa shape index (κ1) is 17.8. The number of thiocarbonyl (C=S) groups is 1. The van der Waals surface area contributed by atoms with Gasteiger partial charge in [0, 0.05) is 24.0 Å². The van der Waals surface area contributed by atoms with Crippen molar-refractivity contribution in [2.75, 3.05) is 16.3 Å². The number of thioether (sulfide) groups is 1. The third kappa shape index (κ3) is 3.36. The van der Waals surface area contributed by atoms with Gasteiger partial charge in [0.15, 0.2) is 4.32 Å². The van der Waals surface area contributed by atoms with Gasteiger partial charge < -0.3 is 4.90 Å². The van der Waals surface area contributed by atoms with Crippen LogP contribution in [0.3, 0.4) is 0 Å². The van der Waals surface area contributed by atoms with E-state index in [-0.39, 0.29) is 5.91 Å². The van der Waals surface area contributed by atoms with Crippen molar-refractivity contribution in [1.82, 2.24) is 0 Å². The molecule has 134 valence electrons. The zero-order valence-corrected chi connectivity index (χ0v) is 16.5. The number of rotatable bonds is 3. The molecule has 2 aromatic carbocycles. The molecule has 2 aliphatic heterocycles. The molecule has 1 saturated heterocycles. The van der Waals surface area contributed by atoms with Crippen molar-refractivity contribution >= 4 is 51.2 Å². The van der Waals surface area contributed by atoms with E-state index in [1.807, 2.05) is 54.6 Å². The molecular formula is C22H18N2OS2. The smallest absolute Gasteiger partial charge is 0.270 e. The predicted molar refractivity (Wildman–Crippen MR) is 119 cm³/mol. The number of hydrogen-bond donors (Lipinski definition) is 0. The SMILES string of the molecule is CCN1C=C/C(=C/C=C2/SC(=S)N(c3ccccc3)C2=O)c2ccccc21. The summed E-state index contributed by atoms with van der Waals surface area (Å²) < 4.78 is 0.563. The van der Waals surface area contributed by atoms with Gasteiger partial charge in [0.2, 0.25) is 0 Å². The van der Waals surface area contributed by atoms with Gasteiger partial charge in [-0.25, -0.2) is 0 Å². The fraction of sp³-hybridized carbons (Fsp3) is 0.0909. The highest BCUT2D eigenvalue weighted by atomic mass is 32.2. The van der Waals surface area contributed by atoms with Crippen molar-refractivity contribution in [1.29, 1.82) is 0 Å². The van der Waals surface area contributed by atoms with Crippen molar-refractivity contribution in [3.8, 4) is 0 Å². The molecule has 5 heteroatoms. The van der Waals surface area contributed by atoms with Crippen LogP contribution in [-0.2, 0) is 4.79 Å². The van der Waals surface area contributed by atoms with Crippen molar-refractivity contribution in [3.05, 3.63) is 89.5 Å². The molecule has 2 aromatic rings. The second kappa shape index (κ2) is 7.55. The summed E-state index contributed by atoms with van der Waals surface area (Å²) in [7, 11) is 0. The lowest BCUT2D eigenvalue weighted by Crippen LogP contribution is -2.27. The minimum atomic E-state index is -0.0729. The summed E-state index contributed by atoms with van der Waals surface area (Å²) in [6.07, 6.45) is 8.04. The van der Waals surface area contributed by atoms with Gasteiger partial charge in [-0.3, -0.25) is 9.69 Å². The largest absolute Gasteiger partial charge is 0.348 e. The summed E-state index contributed by atoms with van der Waals surface area (Å²) in [4.78, 5) is 17.3. The van der Waals surface area contributed by atoms with E-state index >= 15 is 0 Å². The number of para-hydroxylation sites is 2. The highest BCUT2D eigenvalue weighted by molar-refractivity contribution is 8.27. The molecule has 0 unspecified atom stereocenters. The Morgan fingerprint density at radius 1 is 1.04 bits per heavy atom. The Morgan fingerprint density at radius 2 is 1.78 bits per heavy atom. The Bertz CT molecular complexity index is 992. The van der Waals surface area contributed by atoms with Crippen LogP contribution in [0.25, 0.3) is 5.57 Å². The van der Waals surface area contributed by atoms with Gasteiger partial charge in [-0.2, -0.15) is 0 Å². The Morgan fingerprint density at radius 3 is 2.56 bits per heavy atom. The number of carbonyl (C=O) groups excluding carboxylic acids is 1. The maximum atomic E-state index is 12.8. The summed E-state index contributed by atoms with van der Waals surface area (Å²) >= 11 is 6.77. The number of carbonyl (C=O) groups is 1. The summed E-state index contributed by atoms with van der Waals surface area (Å²) in [5.74, 6) is -0.0729. The molecule has 2 heterocycles. The van der Waals surface area contributed by atoms with Gasteiger partial charge in [-0.1, -0.05) is 66.5 Å². The molecule has 0 radical (unpaired) electrons. The number of anilines is 2. The molecular weight excluding hydrogens is 372 g/mol. The lowest BCUT2D eigenvalue weighted by atomic mass is 9.99. The zero-order chi connectivity index (χ0) is 18.8. The molecule has 0 atom stereocenters. The first-order valence-corrected chi connectivity index (χ1v) is 9.99. The van der Waals surface area contributed by atoms with E-state index in [0.29, 0.717) is 9.23 Å². The van der Waals surface area contributed by atoms with Crippen LogP contribution in [0, 0.1) is 0 Å². The van der Waals surface area contributed by atoms with E-state index in [1.54, 1.807) is 4.90 Å². The molecule has 27 heavy (non-hydrogen) atoms. The maximum absolute atomic E-state index is 12.8. The molecule has 3 nitrogen and oxygen atoms in total. The molecule has 0 bridgehead atoms. The third-order valence-electron chi connectivity index (χ3n) is 4.52. The molecule has 0 spiro atoms. The number of nitrogens with zero attached hydrogens (tertiary/aromatic N) is 2. The van der Waals surface area contributed by atoms with Crippen LogP contribution in [0.15, 0.2) is 83.9 Å². The van der Waals surface area contributed by atoms with Crippen LogP contribution < -0.4 is 9.80 Å². The lowest BCUT2D eigenvalue weighted by Gasteiger charge is -2.26. The van der Waals surface area contributed by atoms with E-state index in [9.17, 15) is 4.79 Å². The Hall–Kier alpha value is -2.63. The second-order valence-electron chi connectivity index (χ2n) is 6.12. The van der Waals surface area contributed by atoms with Crippen LogP contribution in [0.4, 0.5) is 11.4 Å². The summed E-state index contributed by atoms with van der Waals surface area (Å²) in [5.41, 5.74) is 4.23. The van der Waals surface area contributed by atoms with E-state index < -0.39 is 0 Å². The van der Waals surface area contributed by atoms with Crippen LogP contribution in [0.2, 0.25) is 0 Å². The number of benzene rings is 2. The predicted octanol–water partition coefficient (Wildman–Crippen LogP) is 5.37. The van der Waals surface area contributed by atoms with Crippen molar-refractivity contribution in [2.24, 2.45) is 0 Å². The van der Waals surface area contributed by atoms with Crippen molar-refractivity contribution in [2.45, 2.75) is 6.92 Å². The molecule has 0 aromatic heterocycles. The van der Waals surface area contributed by atoms with Gasteiger partial charge in [-0.05, 0) is 42.8 Å². The molecule has 0 aliphatic carbocycles. The van der Waals surface area contributed by atoms with Crippen LogP contribution >= 0.6 is 24.0 Å². The molecule has 2 aliphatic rings. The van der Waals surface area contributed by atoms with Crippen LogP contribution in [0.5, 0.6) is 0 Å². The van der Waals surface area contributed by atoms with Crippen molar-refractivity contribution < 1.29 is 4.79 Å². The van der Waals surface area contributed by atoms with Gasteiger partial charge >= 0.3 is 0 Å². The molecule has 1 amide bonds. The van der Waals surface area contributed by atoms with Gasteiger partial charge in [0.1, 0.15) is 0 Å². The average Bonchev–Trinajstić information content (AvgIpc) is 3.00. The summed E-state index contributed by atoms with van der Waals surface area (Å²) in [5, 5.41) is 0. The summed E-state index contributed by atoms with van der Waals surface area (Å²) in [6, 6.07) is 17.8. The number of fused-ring (bicyclic) bond motifs is 1. The van der Waals surface area contributed by atoms with Gasteiger partial charge in [0.25, 0.3) is 5.91 Å². The number of hydrogen-bond acceptors (Lipinski definition) is 4. The maximum Gasteiger partial charge on any atom is 0.270 e.